The number of para-hydroxylation sites is 1. The third kappa shape index (κ3) is 3.39. The highest BCUT2D eigenvalue weighted by Gasteiger charge is 2.32. The van der Waals surface area contributed by atoms with Crippen molar-refractivity contribution in [2.24, 2.45) is 5.92 Å². The Morgan fingerprint density at radius 3 is 2.52 bits per heavy atom. The largest absolute Gasteiger partial charge is 0.493 e. The van der Waals surface area contributed by atoms with Crippen molar-refractivity contribution >= 4 is 24.3 Å². The predicted octanol–water partition coefficient (Wildman–Crippen LogP) is 1.67. The normalized spacial score (nSPS) is 17.0. The molecule has 2 rings (SSSR count). The van der Waals surface area contributed by atoms with Gasteiger partial charge in [-0.2, -0.15) is 0 Å². The van der Waals surface area contributed by atoms with Gasteiger partial charge in [0.05, 0.1) is 25.7 Å². The van der Waals surface area contributed by atoms with Crippen LogP contribution in [0.3, 0.4) is 0 Å². The molecule has 0 aliphatic carbocycles. The number of likely N-dealkylation sites (tertiary alicyclic amines) is 1. The van der Waals surface area contributed by atoms with Gasteiger partial charge in [0, 0.05) is 13.1 Å². The van der Waals surface area contributed by atoms with Crippen molar-refractivity contribution in [1.82, 2.24) is 4.90 Å². The third-order valence-electron chi connectivity index (χ3n) is 3.46. The molecule has 6 nitrogen and oxygen atoms in total. The number of benzene rings is 1. The van der Waals surface area contributed by atoms with Crippen LogP contribution in [0.15, 0.2) is 18.2 Å². The minimum Gasteiger partial charge on any atom is -0.493 e. The van der Waals surface area contributed by atoms with Crippen molar-refractivity contribution in [3.05, 3.63) is 23.8 Å². The molecule has 0 bridgehead atoms. The maximum Gasteiger partial charge on any atom is 0.308 e. The Labute approximate surface area is 129 Å². The first-order chi connectivity index (χ1) is 9.58. The second-order valence-electron chi connectivity index (χ2n) is 4.62. The average molecular weight is 316 g/mol. The summed E-state index contributed by atoms with van der Waals surface area (Å²) in [7, 11) is 2.97. The van der Waals surface area contributed by atoms with E-state index >= 15 is 0 Å². The molecule has 1 aliphatic heterocycles. The van der Waals surface area contributed by atoms with E-state index in [1.165, 1.54) is 19.1 Å². The van der Waals surface area contributed by atoms with Gasteiger partial charge < -0.3 is 19.5 Å². The number of nitrogens with zero attached hydrogens (tertiary/aromatic N) is 1. The van der Waals surface area contributed by atoms with Gasteiger partial charge in [-0.05, 0) is 18.6 Å². The molecular weight excluding hydrogens is 298 g/mol. The van der Waals surface area contributed by atoms with E-state index in [2.05, 4.69) is 0 Å². The number of methoxy groups -OCH3 is 2. The van der Waals surface area contributed by atoms with Crippen molar-refractivity contribution in [1.29, 1.82) is 0 Å². The molecule has 0 saturated carbocycles. The molecule has 1 heterocycles. The highest BCUT2D eigenvalue weighted by atomic mass is 35.5. The first kappa shape index (κ1) is 17.1. The minimum absolute atomic E-state index is 0. The van der Waals surface area contributed by atoms with Gasteiger partial charge in [-0.25, -0.2) is 0 Å². The molecule has 0 radical (unpaired) electrons. The van der Waals surface area contributed by atoms with Crippen LogP contribution >= 0.6 is 12.4 Å². The Morgan fingerprint density at radius 1 is 1.29 bits per heavy atom. The number of carboxylic acids is 1. The summed E-state index contributed by atoms with van der Waals surface area (Å²) < 4.78 is 10.4. The number of aliphatic carboxylic acids is 1. The van der Waals surface area contributed by atoms with E-state index in [1.54, 1.807) is 18.2 Å². The van der Waals surface area contributed by atoms with Gasteiger partial charge in [-0.3, -0.25) is 9.59 Å². The van der Waals surface area contributed by atoms with Crippen molar-refractivity contribution in [2.45, 2.75) is 6.42 Å². The number of carboxylic acid groups (broad SMARTS) is 1. The number of hydrogen-bond donors (Lipinski definition) is 1. The van der Waals surface area contributed by atoms with Gasteiger partial charge in [0.15, 0.2) is 11.5 Å². The van der Waals surface area contributed by atoms with Crippen LogP contribution in [-0.4, -0.2) is 49.2 Å². The van der Waals surface area contributed by atoms with Crippen molar-refractivity contribution in [3.8, 4) is 11.5 Å². The maximum atomic E-state index is 12.5. The van der Waals surface area contributed by atoms with E-state index in [0.717, 1.165) is 0 Å². The molecule has 1 fully saturated rings. The molecule has 0 aromatic heterocycles. The number of carbonyl (C=O) groups is 2. The van der Waals surface area contributed by atoms with E-state index in [4.69, 9.17) is 14.6 Å². The van der Waals surface area contributed by atoms with Crippen LogP contribution in [0.2, 0.25) is 0 Å². The Morgan fingerprint density at radius 2 is 2.00 bits per heavy atom. The lowest BCUT2D eigenvalue weighted by atomic mass is 10.1. The molecule has 1 amide bonds. The number of ether oxygens (including phenoxy) is 2. The topological polar surface area (TPSA) is 76.1 Å². The third-order valence-corrected chi connectivity index (χ3v) is 3.46. The Bertz CT molecular complexity index is 534. The van der Waals surface area contributed by atoms with Crippen LogP contribution in [-0.2, 0) is 4.79 Å². The quantitative estimate of drug-likeness (QED) is 0.914. The molecule has 7 heteroatoms. The summed E-state index contributed by atoms with van der Waals surface area (Å²) in [5, 5.41) is 8.98. The van der Waals surface area contributed by atoms with Gasteiger partial charge in [-0.15, -0.1) is 12.4 Å². The van der Waals surface area contributed by atoms with Crippen molar-refractivity contribution < 1.29 is 24.2 Å². The lowest BCUT2D eigenvalue weighted by Gasteiger charge is -2.18. The fourth-order valence-corrected chi connectivity index (χ4v) is 2.37. The lowest BCUT2D eigenvalue weighted by Crippen LogP contribution is -2.30. The summed E-state index contributed by atoms with van der Waals surface area (Å²) in [6, 6.07) is 5.07. The fourth-order valence-electron chi connectivity index (χ4n) is 2.37. The zero-order chi connectivity index (χ0) is 14.7. The first-order valence-corrected chi connectivity index (χ1v) is 6.31. The summed E-state index contributed by atoms with van der Waals surface area (Å²) in [6.45, 7) is 0.671. The molecular formula is C14H18ClNO5. The van der Waals surface area contributed by atoms with Gasteiger partial charge in [0.2, 0.25) is 0 Å². The molecule has 1 N–H and O–H groups in total. The molecule has 1 aromatic rings. The number of rotatable bonds is 4. The van der Waals surface area contributed by atoms with Crippen molar-refractivity contribution in [2.75, 3.05) is 27.3 Å². The minimum atomic E-state index is -0.863. The Balaban J connectivity index is 0.00000220. The number of halogens is 1. The van der Waals surface area contributed by atoms with Crippen LogP contribution in [0.1, 0.15) is 16.8 Å². The van der Waals surface area contributed by atoms with Gasteiger partial charge in [-0.1, -0.05) is 6.07 Å². The molecule has 116 valence electrons. The van der Waals surface area contributed by atoms with Gasteiger partial charge in [0.25, 0.3) is 5.91 Å². The molecule has 1 saturated heterocycles. The standard InChI is InChI=1S/C14H17NO5.ClH/c1-19-11-5-3-4-10(12(11)20-2)13(16)15-7-6-9(8-15)14(17)18;/h3-5,9H,6-8H2,1-2H3,(H,17,18);1H. The highest BCUT2D eigenvalue weighted by molar-refractivity contribution is 5.98. The molecule has 0 spiro atoms. The first-order valence-electron chi connectivity index (χ1n) is 6.31. The Hall–Kier alpha value is -1.95. The van der Waals surface area contributed by atoms with Crippen LogP contribution in [0, 0.1) is 5.92 Å². The smallest absolute Gasteiger partial charge is 0.308 e. The van der Waals surface area contributed by atoms with E-state index in [0.29, 0.717) is 30.0 Å². The number of hydrogen-bond acceptors (Lipinski definition) is 4. The highest BCUT2D eigenvalue weighted by Crippen LogP contribution is 2.32. The number of amides is 1. The second kappa shape index (κ2) is 7.17. The van der Waals surface area contributed by atoms with Crippen LogP contribution in [0.4, 0.5) is 0 Å². The van der Waals surface area contributed by atoms with E-state index < -0.39 is 11.9 Å². The zero-order valence-electron chi connectivity index (χ0n) is 11.9. The monoisotopic (exact) mass is 315 g/mol. The van der Waals surface area contributed by atoms with E-state index in [1.807, 2.05) is 0 Å². The SMILES string of the molecule is COc1cccc(C(=O)N2CCC(C(=O)O)C2)c1OC.Cl. The van der Waals surface area contributed by atoms with Gasteiger partial charge >= 0.3 is 5.97 Å². The summed E-state index contributed by atoms with van der Waals surface area (Å²) in [4.78, 5) is 24.9. The lowest BCUT2D eigenvalue weighted by molar-refractivity contribution is -0.141. The fraction of sp³-hybridized carbons (Fsp3) is 0.429. The van der Waals surface area contributed by atoms with Crippen LogP contribution in [0.5, 0.6) is 11.5 Å². The van der Waals surface area contributed by atoms with Crippen LogP contribution in [0.25, 0.3) is 0 Å². The molecule has 1 aliphatic rings. The second-order valence-corrected chi connectivity index (χ2v) is 4.62. The van der Waals surface area contributed by atoms with E-state index in [-0.39, 0.29) is 24.9 Å². The van der Waals surface area contributed by atoms with Gasteiger partial charge in [0.1, 0.15) is 0 Å². The number of carbonyl (C=O) groups excluding carboxylic acids is 1. The summed E-state index contributed by atoms with van der Waals surface area (Å²) in [5.41, 5.74) is 0.387. The summed E-state index contributed by atoms with van der Waals surface area (Å²) >= 11 is 0. The predicted molar refractivity (Wildman–Crippen MR) is 78.4 cm³/mol. The zero-order valence-corrected chi connectivity index (χ0v) is 12.7. The average Bonchev–Trinajstić information content (AvgIpc) is 2.95. The molecule has 1 unspecified atom stereocenters. The Kier molecular flexibility index (Phi) is 5.84. The summed E-state index contributed by atoms with van der Waals surface area (Å²) in [5.74, 6) is -0.732. The molecule has 1 aromatic carbocycles. The van der Waals surface area contributed by atoms with E-state index in [9.17, 15) is 9.59 Å². The molecule has 21 heavy (non-hydrogen) atoms. The molecule has 1 atom stereocenters. The van der Waals surface area contributed by atoms with Crippen molar-refractivity contribution in [3.63, 3.8) is 0 Å². The van der Waals surface area contributed by atoms with Crippen LogP contribution < -0.4 is 9.47 Å². The maximum absolute atomic E-state index is 12.5. The summed E-state index contributed by atoms with van der Waals surface area (Å²) in [6.07, 6.45) is 0.480.